The van der Waals surface area contributed by atoms with E-state index in [0.29, 0.717) is 44.8 Å². The molecule has 1 aromatic carbocycles. The number of halogens is 1. The highest BCUT2D eigenvalue weighted by Gasteiger charge is 2.23. The number of hydrogen-bond acceptors (Lipinski definition) is 5. The second-order valence-electron chi connectivity index (χ2n) is 6.63. The lowest BCUT2D eigenvalue weighted by molar-refractivity contribution is 0.102. The lowest BCUT2D eigenvalue weighted by Crippen LogP contribution is -2.48. The summed E-state index contributed by atoms with van der Waals surface area (Å²) in [7, 11) is 1.60. The SMILES string of the molecule is COc1ccc(Cn2cc(I)c(CN3CCN(C(=O)O)CC3)c(O)c2=O)cc1. The minimum atomic E-state index is -0.918. The molecule has 2 heterocycles. The van der Waals surface area contributed by atoms with Crippen LogP contribution in [0.1, 0.15) is 11.1 Å². The van der Waals surface area contributed by atoms with E-state index in [1.165, 1.54) is 9.47 Å². The van der Waals surface area contributed by atoms with Gasteiger partial charge in [0.05, 0.1) is 13.7 Å². The Kier molecular flexibility index (Phi) is 6.45. The number of methoxy groups -OCH3 is 1. The quantitative estimate of drug-likeness (QED) is 0.612. The molecule has 8 nitrogen and oxygen atoms in total. The minimum absolute atomic E-state index is 0.249. The zero-order valence-corrected chi connectivity index (χ0v) is 17.6. The van der Waals surface area contributed by atoms with Crippen molar-refractivity contribution in [2.24, 2.45) is 0 Å². The highest BCUT2D eigenvalue weighted by atomic mass is 127. The van der Waals surface area contributed by atoms with Crippen LogP contribution in [-0.4, -0.2) is 64.0 Å². The molecule has 0 aliphatic carbocycles. The molecule has 0 spiro atoms. The van der Waals surface area contributed by atoms with E-state index in [1.54, 1.807) is 13.3 Å². The van der Waals surface area contributed by atoms with Crippen molar-refractivity contribution in [3.63, 3.8) is 0 Å². The van der Waals surface area contributed by atoms with Gasteiger partial charge in [0.1, 0.15) is 5.75 Å². The van der Waals surface area contributed by atoms with Crippen LogP contribution in [0.15, 0.2) is 35.3 Å². The standard InChI is InChI=1S/C19H22IN3O5/c1-28-14-4-2-13(3-5-14)10-23-12-16(20)15(17(24)18(23)25)11-21-6-8-22(9-7-21)19(26)27/h2-5,12,24H,6-11H2,1H3,(H,26,27). The molecule has 28 heavy (non-hydrogen) atoms. The summed E-state index contributed by atoms with van der Waals surface area (Å²) >= 11 is 2.12. The molecule has 1 aromatic heterocycles. The molecule has 150 valence electrons. The Morgan fingerprint density at radius 3 is 2.36 bits per heavy atom. The molecule has 3 rings (SSSR count). The van der Waals surface area contributed by atoms with E-state index >= 15 is 0 Å². The van der Waals surface area contributed by atoms with Crippen LogP contribution in [0.2, 0.25) is 0 Å². The highest BCUT2D eigenvalue weighted by Crippen LogP contribution is 2.22. The smallest absolute Gasteiger partial charge is 0.407 e. The largest absolute Gasteiger partial charge is 0.503 e. The van der Waals surface area contributed by atoms with E-state index in [9.17, 15) is 14.7 Å². The first-order valence-corrected chi connectivity index (χ1v) is 9.91. The van der Waals surface area contributed by atoms with Gasteiger partial charge < -0.3 is 24.4 Å². The normalized spacial score (nSPS) is 14.9. The van der Waals surface area contributed by atoms with Gasteiger partial charge in [0, 0.05) is 48.1 Å². The summed E-state index contributed by atoms with van der Waals surface area (Å²) in [4.78, 5) is 27.1. The fourth-order valence-electron chi connectivity index (χ4n) is 3.17. The lowest BCUT2D eigenvalue weighted by atomic mass is 10.2. The molecule has 2 aromatic rings. The Labute approximate surface area is 176 Å². The topological polar surface area (TPSA) is 95.2 Å². The van der Waals surface area contributed by atoms with E-state index in [4.69, 9.17) is 9.84 Å². The number of ether oxygens (including phenoxy) is 1. The van der Waals surface area contributed by atoms with E-state index < -0.39 is 11.7 Å². The fraction of sp³-hybridized carbons (Fsp3) is 0.368. The highest BCUT2D eigenvalue weighted by molar-refractivity contribution is 14.1. The number of piperazine rings is 1. The van der Waals surface area contributed by atoms with Crippen molar-refractivity contribution in [3.8, 4) is 11.5 Å². The fourth-order valence-corrected chi connectivity index (χ4v) is 3.93. The molecule has 0 saturated carbocycles. The van der Waals surface area contributed by atoms with Gasteiger partial charge in [-0.05, 0) is 40.3 Å². The minimum Gasteiger partial charge on any atom is -0.503 e. The molecule has 1 aliphatic rings. The first-order chi connectivity index (χ1) is 13.4. The number of aromatic nitrogens is 1. The number of carbonyl (C=O) groups is 1. The van der Waals surface area contributed by atoms with Crippen molar-refractivity contribution in [3.05, 3.63) is 55.5 Å². The molecular weight excluding hydrogens is 477 g/mol. The number of rotatable bonds is 5. The van der Waals surface area contributed by atoms with Crippen molar-refractivity contribution in [2.75, 3.05) is 33.3 Å². The van der Waals surface area contributed by atoms with Gasteiger partial charge in [-0.25, -0.2) is 4.79 Å². The van der Waals surface area contributed by atoms with Gasteiger partial charge in [0.25, 0.3) is 5.56 Å². The molecule has 1 saturated heterocycles. The summed E-state index contributed by atoms with van der Waals surface area (Å²) in [5, 5.41) is 19.5. The summed E-state index contributed by atoms with van der Waals surface area (Å²) in [6.07, 6.45) is 0.827. The van der Waals surface area contributed by atoms with Crippen LogP contribution in [-0.2, 0) is 13.1 Å². The number of hydrogen-bond donors (Lipinski definition) is 2. The number of nitrogens with zero attached hydrogens (tertiary/aromatic N) is 3. The van der Waals surface area contributed by atoms with Crippen LogP contribution < -0.4 is 10.3 Å². The summed E-state index contributed by atoms with van der Waals surface area (Å²) in [5.41, 5.74) is 1.08. The predicted octanol–water partition coefficient (Wildman–Crippen LogP) is 2.01. The van der Waals surface area contributed by atoms with Gasteiger partial charge in [-0.3, -0.25) is 9.69 Å². The van der Waals surface area contributed by atoms with E-state index in [-0.39, 0.29) is 5.75 Å². The Hall–Kier alpha value is -2.27. The summed E-state index contributed by atoms with van der Waals surface area (Å²) in [6.45, 7) is 2.73. The Morgan fingerprint density at radius 2 is 1.79 bits per heavy atom. The van der Waals surface area contributed by atoms with Crippen molar-refractivity contribution in [2.45, 2.75) is 13.1 Å². The molecule has 0 unspecified atom stereocenters. The van der Waals surface area contributed by atoms with Crippen LogP contribution in [0, 0.1) is 3.57 Å². The average molecular weight is 499 g/mol. The van der Waals surface area contributed by atoms with Gasteiger partial charge >= 0.3 is 6.09 Å². The van der Waals surface area contributed by atoms with Crippen LogP contribution in [0.5, 0.6) is 11.5 Å². The molecule has 0 atom stereocenters. The summed E-state index contributed by atoms with van der Waals surface area (Å²) < 4.78 is 7.43. The third-order valence-corrected chi connectivity index (χ3v) is 5.77. The monoisotopic (exact) mass is 499 g/mol. The van der Waals surface area contributed by atoms with Gasteiger partial charge in [0.15, 0.2) is 5.75 Å². The number of aromatic hydroxyl groups is 1. The second-order valence-corrected chi connectivity index (χ2v) is 7.79. The van der Waals surface area contributed by atoms with Crippen molar-refractivity contribution in [1.29, 1.82) is 0 Å². The van der Waals surface area contributed by atoms with Crippen LogP contribution >= 0.6 is 22.6 Å². The maximum Gasteiger partial charge on any atom is 0.407 e. The van der Waals surface area contributed by atoms with Gasteiger partial charge in [0.2, 0.25) is 0 Å². The molecule has 1 amide bonds. The Bertz CT molecular complexity index is 905. The van der Waals surface area contributed by atoms with Crippen molar-refractivity contribution >= 4 is 28.7 Å². The van der Waals surface area contributed by atoms with Crippen molar-refractivity contribution < 1.29 is 19.7 Å². The number of benzene rings is 1. The number of pyridine rings is 1. The first-order valence-electron chi connectivity index (χ1n) is 8.83. The van der Waals surface area contributed by atoms with Gasteiger partial charge in [-0.1, -0.05) is 12.1 Å². The van der Waals surface area contributed by atoms with Crippen LogP contribution in [0.25, 0.3) is 0 Å². The lowest BCUT2D eigenvalue weighted by Gasteiger charge is -2.33. The predicted molar refractivity (Wildman–Crippen MR) is 112 cm³/mol. The van der Waals surface area contributed by atoms with Gasteiger partial charge in [-0.2, -0.15) is 0 Å². The third-order valence-electron chi connectivity index (χ3n) is 4.84. The third kappa shape index (κ3) is 4.58. The van der Waals surface area contributed by atoms with E-state index in [0.717, 1.165) is 14.9 Å². The van der Waals surface area contributed by atoms with Crippen LogP contribution in [0.3, 0.4) is 0 Å². The second kappa shape index (κ2) is 8.82. The molecule has 2 N–H and O–H groups in total. The maximum absolute atomic E-state index is 12.6. The number of amides is 1. The zero-order chi connectivity index (χ0) is 20.3. The molecular formula is C19H22IN3O5. The molecule has 1 aliphatic heterocycles. The maximum atomic E-state index is 12.6. The van der Waals surface area contributed by atoms with Gasteiger partial charge in [-0.15, -0.1) is 0 Å². The molecule has 0 radical (unpaired) electrons. The molecule has 1 fully saturated rings. The Morgan fingerprint density at radius 1 is 1.14 bits per heavy atom. The summed E-state index contributed by atoms with van der Waals surface area (Å²) in [6, 6.07) is 7.42. The molecule has 9 heteroatoms. The van der Waals surface area contributed by atoms with Crippen LogP contribution in [0.4, 0.5) is 4.79 Å². The van der Waals surface area contributed by atoms with E-state index in [1.807, 2.05) is 29.2 Å². The average Bonchev–Trinajstić information content (AvgIpc) is 2.70. The molecule has 0 bridgehead atoms. The van der Waals surface area contributed by atoms with Crippen molar-refractivity contribution in [1.82, 2.24) is 14.4 Å². The zero-order valence-electron chi connectivity index (χ0n) is 15.5. The van der Waals surface area contributed by atoms with E-state index in [2.05, 4.69) is 22.6 Å². The Balaban J connectivity index is 1.75. The number of carboxylic acid groups (broad SMARTS) is 1. The summed E-state index contributed by atoms with van der Waals surface area (Å²) in [5.74, 6) is 0.493. The first kappa shape index (κ1) is 20.5.